The van der Waals surface area contributed by atoms with Gasteiger partial charge in [0.15, 0.2) is 0 Å². The van der Waals surface area contributed by atoms with E-state index >= 15 is 0 Å². The lowest BCUT2D eigenvalue weighted by Gasteiger charge is -2.32. The molecule has 0 N–H and O–H groups in total. The number of rotatable bonds is 6. The number of piperazine rings is 1. The first kappa shape index (κ1) is 17.9. The highest BCUT2D eigenvalue weighted by atomic mass is 16.7. The molecule has 1 heterocycles. The number of amides is 1. The second-order valence-electron chi connectivity index (χ2n) is 5.62. The molecule has 1 aliphatic rings. The van der Waals surface area contributed by atoms with Crippen LogP contribution in [0, 0.1) is 0 Å². The molecular weight excluding hydrogens is 312 g/mol. The Morgan fingerprint density at radius 2 is 1.62 bits per heavy atom. The summed E-state index contributed by atoms with van der Waals surface area (Å²) < 4.78 is 9.68. The maximum Gasteiger partial charge on any atom is 0.340 e. The monoisotopic (exact) mass is 334 g/mol. The van der Waals surface area contributed by atoms with Gasteiger partial charge in [0.25, 0.3) is 0 Å². The zero-order valence-electron chi connectivity index (χ0n) is 13.8. The Balaban J connectivity index is 1.61. The third-order valence-electron chi connectivity index (χ3n) is 3.82. The van der Waals surface area contributed by atoms with Gasteiger partial charge in [0.2, 0.25) is 12.7 Å². The highest BCUT2D eigenvalue weighted by Crippen LogP contribution is 2.05. The van der Waals surface area contributed by atoms with Crippen molar-refractivity contribution in [3.63, 3.8) is 0 Å². The Morgan fingerprint density at radius 1 is 0.958 bits per heavy atom. The predicted octanol–water partition coefficient (Wildman–Crippen LogP) is 0.898. The fourth-order valence-electron chi connectivity index (χ4n) is 2.30. The fraction of sp³-hybridized carbons (Fsp3) is 0.471. The highest BCUT2D eigenvalue weighted by molar-refractivity contribution is 5.89. The van der Waals surface area contributed by atoms with Crippen molar-refractivity contribution in [2.24, 2.45) is 0 Å². The van der Waals surface area contributed by atoms with E-state index in [1.807, 2.05) is 7.05 Å². The summed E-state index contributed by atoms with van der Waals surface area (Å²) in [6, 6.07) is 8.44. The number of hydrogen-bond donors (Lipinski definition) is 0. The number of nitrogens with zero attached hydrogens (tertiary/aromatic N) is 2. The van der Waals surface area contributed by atoms with Crippen LogP contribution < -0.4 is 0 Å². The first-order chi connectivity index (χ1) is 11.6. The second kappa shape index (κ2) is 9.02. The normalized spacial score (nSPS) is 15.0. The third kappa shape index (κ3) is 5.66. The number of benzene rings is 1. The fourth-order valence-corrected chi connectivity index (χ4v) is 2.30. The van der Waals surface area contributed by atoms with Crippen LogP contribution in [0.1, 0.15) is 23.2 Å². The van der Waals surface area contributed by atoms with Gasteiger partial charge in [0.1, 0.15) is 0 Å². The van der Waals surface area contributed by atoms with E-state index in [2.05, 4.69) is 4.90 Å². The highest BCUT2D eigenvalue weighted by Gasteiger charge is 2.19. The molecule has 0 saturated carbocycles. The molecule has 24 heavy (non-hydrogen) atoms. The van der Waals surface area contributed by atoms with Crippen molar-refractivity contribution in [3.8, 4) is 0 Å². The molecule has 0 bridgehead atoms. The van der Waals surface area contributed by atoms with Gasteiger partial charge in [-0.1, -0.05) is 18.2 Å². The molecule has 7 heteroatoms. The van der Waals surface area contributed by atoms with Crippen molar-refractivity contribution in [2.45, 2.75) is 12.8 Å². The minimum absolute atomic E-state index is 0.0198. The molecule has 1 amide bonds. The molecule has 0 atom stereocenters. The molecule has 0 spiro atoms. The summed E-state index contributed by atoms with van der Waals surface area (Å²) in [5, 5.41) is 0. The minimum Gasteiger partial charge on any atom is -0.428 e. The summed E-state index contributed by atoms with van der Waals surface area (Å²) in [6.45, 7) is 2.59. The smallest absolute Gasteiger partial charge is 0.340 e. The lowest BCUT2D eigenvalue weighted by Crippen LogP contribution is -2.47. The van der Waals surface area contributed by atoms with E-state index < -0.39 is 18.7 Å². The molecule has 2 rings (SSSR count). The van der Waals surface area contributed by atoms with Crippen molar-refractivity contribution < 1.29 is 23.9 Å². The van der Waals surface area contributed by atoms with E-state index in [-0.39, 0.29) is 18.7 Å². The van der Waals surface area contributed by atoms with Gasteiger partial charge >= 0.3 is 11.9 Å². The molecule has 0 unspecified atom stereocenters. The van der Waals surface area contributed by atoms with Crippen LogP contribution in [-0.4, -0.2) is 67.7 Å². The van der Waals surface area contributed by atoms with Crippen molar-refractivity contribution in [3.05, 3.63) is 35.9 Å². The topological polar surface area (TPSA) is 76.2 Å². The lowest BCUT2D eigenvalue weighted by molar-refractivity contribution is -0.154. The molecular formula is C17H22N2O5. The van der Waals surface area contributed by atoms with Gasteiger partial charge in [-0.25, -0.2) is 4.79 Å². The maximum atomic E-state index is 12.0. The maximum absolute atomic E-state index is 12.0. The Labute approximate surface area is 141 Å². The van der Waals surface area contributed by atoms with Gasteiger partial charge in [-0.3, -0.25) is 9.59 Å². The number of hydrogen-bond acceptors (Lipinski definition) is 6. The average molecular weight is 334 g/mol. The molecule has 0 aliphatic carbocycles. The molecule has 1 saturated heterocycles. The SMILES string of the molecule is CN1CCN(C(=O)CCC(=O)OCOC(=O)c2ccccc2)CC1. The van der Waals surface area contributed by atoms with Gasteiger partial charge in [-0.15, -0.1) is 0 Å². The molecule has 130 valence electrons. The molecule has 0 aromatic heterocycles. The summed E-state index contributed by atoms with van der Waals surface area (Å²) in [7, 11) is 2.01. The molecule has 0 radical (unpaired) electrons. The van der Waals surface area contributed by atoms with Gasteiger partial charge in [-0.2, -0.15) is 0 Å². The van der Waals surface area contributed by atoms with Crippen LogP contribution in [0.5, 0.6) is 0 Å². The van der Waals surface area contributed by atoms with E-state index in [0.29, 0.717) is 18.7 Å². The Bertz CT molecular complexity index is 568. The van der Waals surface area contributed by atoms with E-state index in [0.717, 1.165) is 13.1 Å². The number of ether oxygens (including phenoxy) is 2. The Hall–Kier alpha value is -2.41. The number of likely N-dealkylation sites (N-methyl/N-ethyl adjacent to an activating group) is 1. The predicted molar refractivity (Wildman–Crippen MR) is 86.1 cm³/mol. The van der Waals surface area contributed by atoms with Crippen LogP contribution in [0.15, 0.2) is 30.3 Å². The van der Waals surface area contributed by atoms with Crippen molar-refractivity contribution >= 4 is 17.8 Å². The standard InChI is InChI=1S/C17H22N2O5/c1-18-9-11-19(12-10-18)15(20)7-8-16(21)23-13-24-17(22)14-5-3-2-4-6-14/h2-6H,7-13H2,1H3. The van der Waals surface area contributed by atoms with Crippen molar-refractivity contribution in [1.82, 2.24) is 9.80 Å². The molecule has 1 aromatic rings. The number of esters is 2. The Morgan fingerprint density at radius 3 is 2.29 bits per heavy atom. The molecule has 7 nitrogen and oxygen atoms in total. The summed E-state index contributed by atoms with van der Waals surface area (Å²) >= 11 is 0. The number of carbonyl (C=O) groups is 3. The molecule has 1 fully saturated rings. The van der Waals surface area contributed by atoms with Crippen LogP contribution in [-0.2, 0) is 19.1 Å². The number of carbonyl (C=O) groups excluding carboxylic acids is 3. The molecule has 1 aliphatic heterocycles. The van der Waals surface area contributed by atoms with Crippen LogP contribution in [0.4, 0.5) is 0 Å². The van der Waals surface area contributed by atoms with E-state index in [9.17, 15) is 14.4 Å². The van der Waals surface area contributed by atoms with E-state index in [4.69, 9.17) is 9.47 Å². The second-order valence-corrected chi connectivity index (χ2v) is 5.62. The Kier molecular flexibility index (Phi) is 6.74. The minimum atomic E-state index is -0.558. The van der Waals surface area contributed by atoms with Crippen LogP contribution in [0.25, 0.3) is 0 Å². The van der Waals surface area contributed by atoms with Crippen LogP contribution in [0.2, 0.25) is 0 Å². The van der Waals surface area contributed by atoms with Gasteiger partial charge in [0, 0.05) is 32.6 Å². The van der Waals surface area contributed by atoms with E-state index in [1.165, 1.54) is 0 Å². The van der Waals surface area contributed by atoms with Crippen molar-refractivity contribution in [1.29, 1.82) is 0 Å². The van der Waals surface area contributed by atoms with Gasteiger partial charge in [-0.05, 0) is 19.2 Å². The largest absolute Gasteiger partial charge is 0.428 e. The lowest BCUT2D eigenvalue weighted by atomic mass is 10.2. The first-order valence-corrected chi connectivity index (χ1v) is 7.90. The first-order valence-electron chi connectivity index (χ1n) is 7.90. The summed E-state index contributed by atoms with van der Waals surface area (Å²) in [6.07, 6.45) is 0.0865. The zero-order valence-corrected chi connectivity index (χ0v) is 13.8. The quantitative estimate of drug-likeness (QED) is 0.568. The van der Waals surface area contributed by atoms with Crippen molar-refractivity contribution in [2.75, 3.05) is 40.0 Å². The summed E-state index contributed by atoms with van der Waals surface area (Å²) in [4.78, 5) is 39.1. The summed E-state index contributed by atoms with van der Waals surface area (Å²) in [5.41, 5.74) is 0.388. The van der Waals surface area contributed by atoms with E-state index in [1.54, 1.807) is 35.2 Å². The van der Waals surface area contributed by atoms with Crippen LogP contribution >= 0.6 is 0 Å². The molecule has 1 aromatic carbocycles. The average Bonchev–Trinajstić information content (AvgIpc) is 2.61. The summed E-state index contributed by atoms with van der Waals surface area (Å²) in [5.74, 6) is -1.17. The van der Waals surface area contributed by atoms with Gasteiger partial charge < -0.3 is 19.3 Å². The zero-order chi connectivity index (χ0) is 17.4. The van der Waals surface area contributed by atoms with Gasteiger partial charge in [0.05, 0.1) is 12.0 Å². The third-order valence-corrected chi connectivity index (χ3v) is 3.82. The van der Waals surface area contributed by atoms with Crippen LogP contribution in [0.3, 0.4) is 0 Å².